The molecule has 0 radical (unpaired) electrons. The minimum Gasteiger partial charge on any atom is -0.504 e. The number of aromatic hydroxyl groups is 1. The maximum atomic E-state index is 13.2. The first-order valence-electron chi connectivity index (χ1n) is 10.4. The van der Waals surface area contributed by atoms with E-state index in [1.54, 1.807) is 48.5 Å². The molecule has 0 amide bonds. The first-order chi connectivity index (χ1) is 16.8. The van der Waals surface area contributed by atoms with Crippen molar-refractivity contribution in [3.05, 3.63) is 84.1 Å². The molecule has 0 fully saturated rings. The standard InChI is InChI=1S/C24H18FN5O4S/c1-35(32,33)30-17-5-2-4-15(13-17)20-18-6-3-11-26-21(18)23(31)22(27-20)24-29-28-19(34-24)12-14-7-9-16(25)10-8-14/h2-11,13,30-31H,12H2,1H3. The van der Waals surface area contributed by atoms with Crippen molar-refractivity contribution in [1.29, 1.82) is 0 Å². The molecule has 2 aromatic carbocycles. The van der Waals surface area contributed by atoms with Crippen LogP contribution in [0.1, 0.15) is 11.5 Å². The number of benzene rings is 2. The van der Waals surface area contributed by atoms with E-state index in [9.17, 15) is 17.9 Å². The van der Waals surface area contributed by atoms with Crippen LogP contribution in [0.5, 0.6) is 5.75 Å². The van der Waals surface area contributed by atoms with Crippen molar-refractivity contribution in [2.45, 2.75) is 6.42 Å². The predicted molar refractivity (Wildman–Crippen MR) is 128 cm³/mol. The number of halogens is 1. The van der Waals surface area contributed by atoms with Crippen LogP contribution >= 0.6 is 0 Å². The van der Waals surface area contributed by atoms with Crippen LogP contribution in [0.25, 0.3) is 33.7 Å². The van der Waals surface area contributed by atoms with E-state index in [0.717, 1.165) is 11.8 Å². The number of fused-ring (bicyclic) bond motifs is 1. The van der Waals surface area contributed by atoms with Crippen molar-refractivity contribution in [3.8, 4) is 28.6 Å². The molecule has 0 aliphatic rings. The van der Waals surface area contributed by atoms with Gasteiger partial charge in [-0.3, -0.25) is 9.71 Å². The van der Waals surface area contributed by atoms with E-state index in [4.69, 9.17) is 4.42 Å². The minimum absolute atomic E-state index is 0.0150. The molecular weight excluding hydrogens is 473 g/mol. The lowest BCUT2D eigenvalue weighted by atomic mass is 10.0. The number of hydrogen-bond acceptors (Lipinski definition) is 8. The molecule has 11 heteroatoms. The van der Waals surface area contributed by atoms with Gasteiger partial charge in [0.2, 0.25) is 15.9 Å². The van der Waals surface area contributed by atoms with Crippen LogP contribution in [0.15, 0.2) is 71.3 Å². The first-order valence-corrected chi connectivity index (χ1v) is 12.3. The van der Waals surface area contributed by atoms with E-state index in [2.05, 4.69) is 24.9 Å². The Morgan fingerprint density at radius 1 is 1.03 bits per heavy atom. The number of aromatic nitrogens is 4. The maximum absolute atomic E-state index is 13.2. The topological polar surface area (TPSA) is 131 Å². The second kappa shape index (κ2) is 8.76. The van der Waals surface area contributed by atoms with Crippen molar-refractivity contribution in [2.24, 2.45) is 0 Å². The van der Waals surface area contributed by atoms with E-state index in [-0.39, 0.29) is 41.0 Å². The van der Waals surface area contributed by atoms with Crippen LogP contribution in [-0.4, -0.2) is 39.9 Å². The van der Waals surface area contributed by atoms with Crippen LogP contribution in [0, 0.1) is 5.82 Å². The average Bonchev–Trinajstić information content (AvgIpc) is 3.28. The van der Waals surface area contributed by atoms with Crippen molar-refractivity contribution in [2.75, 3.05) is 11.0 Å². The third-order valence-electron chi connectivity index (χ3n) is 5.11. The third-order valence-corrected chi connectivity index (χ3v) is 5.72. The Morgan fingerprint density at radius 2 is 1.83 bits per heavy atom. The number of anilines is 1. The Balaban J connectivity index is 1.60. The fourth-order valence-corrected chi connectivity index (χ4v) is 4.19. The van der Waals surface area contributed by atoms with Gasteiger partial charge in [-0.1, -0.05) is 24.3 Å². The molecule has 3 aromatic heterocycles. The molecule has 0 spiro atoms. The summed E-state index contributed by atoms with van der Waals surface area (Å²) in [4.78, 5) is 8.89. The van der Waals surface area contributed by atoms with E-state index in [1.807, 2.05) is 0 Å². The molecule has 0 unspecified atom stereocenters. The predicted octanol–water partition coefficient (Wildman–Crippen LogP) is 4.15. The lowest BCUT2D eigenvalue weighted by Crippen LogP contribution is -2.09. The molecule has 0 aliphatic heterocycles. The zero-order valence-electron chi connectivity index (χ0n) is 18.3. The van der Waals surface area contributed by atoms with Gasteiger partial charge in [0.15, 0.2) is 11.4 Å². The van der Waals surface area contributed by atoms with Gasteiger partial charge in [0.25, 0.3) is 5.89 Å². The van der Waals surface area contributed by atoms with Gasteiger partial charge in [0.1, 0.15) is 11.3 Å². The van der Waals surface area contributed by atoms with Crippen molar-refractivity contribution in [3.63, 3.8) is 0 Å². The molecule has 0 saturated carbocycles. The smallest absolute Gasteiger partial charge is 0.270 e. The van der Waals surface area contributed by atoms with Gasteiger partial charge in [-0.25, -0.2) is 17.8 Å². The molecule has 176 valence electrons. The normalized spacial score (nSPS) is 11.6. The fraction of sp³-hybridized carbons (Fsp3) is 0.0833. The van der Waals surface area contributed by atoms with Crippen molar-refractivity contribution < 1.29 is 22.3 Å². The van der Waals surface area contributed by atoms with Crippen LogP contribution in [0.4, 0.5) is 10.1 Å². The summed E-state index contributed by atoms with van der Waals surface area (Å²) in [7, 11) is -3.48. The molecule has 5 rings (SSSR count). The van der Waals surface area contributed by atoms with Crippen LogP contribution in [-0.2, 0) is 16.4 Å². The number of pyridine rings is 2. The number of nitrogens with zero attached hydrogens (tertiary/aromatic N) is 4. The van der Waals surface area contributed by atoms with E-state index < -0.39 is 10.0 Å². The zero-order valence-corrected chi connectivity index (χ0v) is 19.1. The summed E-state index contributed by atoms with van der Waals surface area (Å²) >= 11 is 0. The van der Waals surface area contributed by atoms with Gasteiger partial charge in [-0.2, -0.15) is 0 Å². The lowest BCUT2D eigenvalue weighted by Gasteiger charge is -2.11. The largest absolute Gasteiger partial charge is 0.504 e. The quantitative estimate of drug-likeness (QED) is 0.362. The fourth-order valence-electron chi connectivity index (χ4n) is 3.63. The minimum atomic E-state index is -3.48. The highest BCUT2D eigenvalue weighted by molar-refractivity contribution is 7.92. The van der Waals surface area contributed by atoms with Crippen LogP contribution < -0.4 is 4.72 Å². The van der Waals surface area contributed by atoms with Crippen LogP contribution in [0.2, 0.25) is 0 Å². The first kappa shape index (κ1) is 22.4. The SMILES string of the molecule is CS(=O)(=O)Nc1cccc(-c2nc(-c3nnc(Cc4ccc(F)cc4)o3)c(O)c3ncccc23)c1. The molecule has 0 saturated heterocycles. The van der Waals surface area contributed by atoms with E-state index in [1.165, 1.54) is 18.3 Å². The summed E-state index contributed by atoms with van der Waals surface area (Å²) in [6, 6.07) is 16.1. The summed E-state index contributed by atoms with van der Waals surface area (Å²) in [5, 5.41) is 19.5. The molecule has 2 N–H and O–H groups in total. The molecule has 3 heterocycles. The van der Waals surface area contributed by atoms with Gasteiger partial charge < -0.3 is 9.52 Å². The highest BCUT2D eigenvalue weighted by Crippen LogP contribution is 2.38. The molecule has 9 nitrogen and oxygen atoms in total. The highest BCUT2D eigenvalue weighted by Gasteiger charge is 2.21. The third kappa shape index (κ3) is 4.80. The number of sulfonamides is 1. The molecule has 35 heavy (non-hydrogen) atoms. The van der Waals surface area contributed by atoms with Gasteiger partial charge in [0, 0.05) is 22.8 Å². The van der Waals surface area contributed by atoms with Crippen LogP contribution in [0.3, 0.4) is 0 Å². The second-order valence-electron chi connectivity index (χ2n) is 7.82. The lowest BCUT2D eigenvalue weighted by molar-refractivity contribution is 0.471. The zero-order chi connectivity index (χ0) is 24.6. The maximum Gasteiger partial charge on any atom is 0.270 e. The Kier molecular flexibility index (Phi) is 5.61. The number of hydrogen-bond donors (Lipinski definition) is 2. The molecule has 0 bridgehead atoms. The summed E-state index contributed by atoms with van der Waals surface area (Å²) in [6.45, 7) is 0. The molecular formula is C24H18FN5O4S. The highest BCUT2D eigenvalue weighted by atomic mass is 32.2. The Labute approximate surface area is 199 Å². The van der Waals surface area contributed by atoms with E-state index in [0.29, 0.717) is 22.3 Å². The second-order valence-corrected chi connectivity index (χ2v) is 9.56. The summed E-state index contributed by atoms with van der Waals surface area (Å²) in [5.41, 5.74) is 2.46. The van der Waals surface area contributed by atoms with Gasteiger partial charge >= 0.3 is 0 Å². The summed E-state index contributed by atoms with van der Waals surface area (Å²) in [5.74, 6) is -0.332. The summed E-state index contributed by atoms with van der Waals surface area (Å²) < 4.78 is 44.7. The van der Waals surface area contributed by atoms with Crippen molar-refractivity contribution in [1.82, 2.24) is 20.2 Å². The van der Waals surface area contributed by atoms with Gasteiger partial charge in [-0.05, 0) is 42.0 Å². The molecule has 5 aromatic rings. The monoisotopic (exact) mass is 491 g/mol. The Morgan fingerprint density at radius 3 is 2.60 bits per heavy atom. The Bertz CT molecular complexity index is 1650. The van der Waals surface area contributed by atoms with E-state index >= 15 is 0 Å². The van der Waals surface area contributed by atoms with Gasteiger partial charge in [0.05, 0.1) is 18.4 Å². The Hall–Kier alpha value is -4.38. The summed E-state index contributed by atoms with van der Waals surface area (Å²) in [6.07, 6.45) is 2.87. The number of rotatable bonds is 6. The molecule has 0 aliphatic carbocycles. The average molecular weight is 492 g/mol. The van der Waals surface area contributed by atoms with Crippen molar-refractivity contribution >= 4 is 26.6 Å². The number of nitrogens with one attached hydrogen (secondary N) is 1. The molecule has 0 atom stereocenters. The van der Waals surface area contributed by atoms with Gasteiger partial charge in [-0.15, -0.1) is 10.2 Å².